The molecular weight excluding hydrogens is 486 g/mol. The first kappa shape index (κ1) is 24.4. The number of rotatable bonds is 6. The van der Waals surface area contributed by atoms with E-state index in [-0.39, 0.29) is 17.9 Å². The zero-order valence-electron chi connectivity index (χ0n) is 20.2. The number of nitrogens with one attached hydrogen (secondary N) is 1. The van der Waals surface area contributed by atoms with Crippen molar-refractivity contribution in [3.05, 3.63) is 117 Å². The maximum atomic E-state index is 13.4. The Balaban J connectivity index is 1.56. The van der Waals surface area contributed by atoms with Crippen LogP contribution in [0.25, 0.3) is 16.8 Å². The molecule has 0 saturated carbocycles. The van der Waals surface area contributed by atoms with Gasteiger partial charge in [0.25, 0.3) is 17.5 Å². The number of aryl methyl sites for hydroxylation is 1. The summed E-state index contributed by atoms with van der Waals surface area (Å²) >= 11 is 0. The summed E-state index contributed by atoms with van der Waals surface area (Å²) in [7, 11) is 0. The predicted octanol–water partition coefficient (Wildman–Crippen LogP) is 5.30. The number of barbiturate groups is 1. The number of fused-ring (bicyclic) bond motifs is 1. The summed E-state index contributed by atoms with van der Waals surface area (Å²) in [5.41, 5.74) is 2.03. The molecule has 0 unspecified atom stereocenters. The zero-order valence-corrected chi connectivity index (χ0v) is 20.2. The molecule has 4 aromatic rings. The lowest BCUT2D eigenvalue weighted by molar-refractivity contribution is -0.384. The molecule has 0 bridgehead atoms. The number of urea groups is 1. The van der Waals surface area contributed by atoms with Gasteiger partial charge in [-0.15, -0.1) is 0 Å². The SMILES string of the molecule is Cc1ccc(N2C(=O)NC(=O)/C(=C\c3c(OCc4cccc([N+](=O)[O-])c4)ccc4ccccc34)C2=O)cc1. The van der Waals surface area contributed by atoms with Gasteiger partial charge in [0.1, 0.15) is 17.9 Å². The first-order chi connectivity index (χ1) is 18.3. The number of anilines is 1. The van der Waals surface area contributed by atoms with Crippen molar-refractivity contribution >= 4 is 46.1 Å². The number of non-ortho nitro benzene ring substituents is 1. The number of imide groups is 2. The van der Waals surface area contributed by atoms with Gasteiger partial charge in [-0.2, -0.15) is 0 Å². The first-order valence-corrected chi connectivity index (χ1v) is 11.7. The third kappa shape index (κ3) is 4.72. The highest BCUT2D eigenvalue weighted by Gasteiger charge is 2.37. The largest absolute Gasteiger partial charge is 0.488 e. The molecule has 5 rings (SSSR count). The molecule has 0 aliphatic carbocycles. The minimum Gasteiger partial charge on any atom is -0.488 e. The molecule has 0 aromatic heterocycles. The minimum atomic E-state index is -0.832. The van der Waals surface area contributed by atoms with Crippen molar-refractivity contribution in [3.63, 3.8) is 0 Å². The van der Waals surface area contributed by atoms with Crippen molar-refractivity contribution in [1.82, 2.24) is 5.32 Å². The number of hydrogen-bond donors (Lipinski definition) is 1. The normalized spacial score (nSPS) is 14.6. The van der Waals surface area contributed by atoms with Gasteiger partial charge < -0.3 is 4.74 Å². The van der Waals surface area contributed by atoms with Gasteiger partial charge in [-0.3, -0.25) is 25.0 Å². The molecule has 1 N–H and O–H groups in total. The van der Waals surface area contributed by atoms with E-state index in [0.29, 0.717) is 22.6 Å². The van der Waals surface area contributed by atoms with Gasteiger partial charge in [0.15, 0.2) is 0 Å². The Kier molecular flexibility index (Phi) is 6.40. The van der Waals surface area contributed by atoms with Crippen LogP contribution in [0.2, 0.25) is 0 Å². The van der Waals surface area contributed by atoms with Gasteiger partial charge in [0.2, 0.25) is 0 Å². The molecule has 1 fully saturated rings. The molecule has 1 aliphatic rings. The lowest BCUT2D eigenvalue weighted by Gasteiger charge is -2.26. The van der Waals surface area contributed by atoms with Crippen LogP contribution in [0, 0.1) is 17.0 Å². The molecule has 9 nitrogen and oxygen atoms in total. The van der Waals surface area contributed by atoms with Gasteiger partial charge in [-0.05, 0) is 47.5 Å². The third-order valence-electron chi connectivity index (χ3n) is 6.13. The molecule has 1 aliphatic heterocycles. The maximum Gasteiger partial charge on any atom is 0.335 e. The number of carbonyl (C=O) groups is 3. The van der Waals surface area contributed by atoms with Crippen molar-refractivity contribution in [2.45, 2.75) is 13.5 Å². The van der Waals surface area contributed by atoms with E-state index >= 15 is 0 Å². The fourth-order valence-electron chi connectivity index (χ4n) is 4.20. The summed E-state index contributed by atoms with van der Waals surface area (Å²) < 4.78 is 6.03. The second kappa shape index (κ2) is 9.98. The van der Waals surface area contributed by atoms with Gasteiger partial charge >= 0.3 is 6.03 Å². The lowest BCUT2D eigenvalue weighted by atomic mass is 9.99. The summed E-state index contributed by atoms with van der Waals surface area (Å²) in [6, 6.07) is 23.0. The van der Waals surface area contributed by atoms with Crippen LogP contribution < -0.4 is 15.0 Å². The number of nitro groups is 1. The van der Waals surface area contributed by atoms with E-state index in [9.17, 15) is 24.5 Å². The van der Waals surface area contributed by atoms with Crippen LogP contribution in [-0.4, -0.2) is 22.8 Å². The monoisotopic (exact) mass is 507 g/mol. The van der Waals surface area contributed by atoms with Crippen molar-refractivity contribution < 1.29 is 24.0 Å². The number of hydrogen-bond acceptors (Lipinski definition) is 6. The average Bonchev–Trinajstić information content (AvgIpc) is 2.91. The summed E-state index contributed by atoms with van der Waals surface area (Å²) in [5, 5.41) is 14.9. The number of ether oxygens (including phenoxy) is 1. The Morgan fingerprint density at radius 2 is 1.71 bits per heavy atom. The highest BCUT2D eigenvalue weighted by atomic mass is 16.6. The molecule has 0 radical (unpaired) electrons. The van der Waals surface area contributed by atoms with Crippen LogP contribution >= 0.6 is 0 Å². The highest BCUT2D eigenvalue weighted by Crippen LogP contribution is 2.32. The Bertz CT molecular complexity index is 1640. The van der Waals surface area contributed by atoms with Gasteiger partial charge in [0.05, 0.1) is 10.6 Å². The van der Waals surface area contributed by atoms with Crippen LogP contribution in [-0.2, 0) is 16.2 Å². The van der Waals surface area contributed by atoms with Gasteiger partial charge in [-0.1, -0.05) is 60.2 Å². The molecule has 188 valence electrons. The Morgan fingerprint density at radius 3 is 2.47 bits per heavy atom. The van der Waals surface area contributed by atoms with Crippen LogP contribution in [0.1, 0.15) is 16.7 Å². The minimum absolute atomic E-state index is 0.0182. The number of nitrogens with zero attached hydrogens (tertiary/aromatic N) is 2. The van der Waals surface area contributed by atoms with E-state index in [0.717, 1.165) is 21.2 Å². The smallest absolute Gasteiger partial charge is 0.335 e. The predicted molar refractivity (Wildman–Crippen MR) is 142 cm³/mol. The van der Waals surface area contributed by atoms with Crippen molar-refractivity contribution in [2.75, 3.05) is 4.90 Å². The standard InChI is InChI=1S/C29H21N3O6/c1-18-9-12-21(13-10-18)31-28(34)25(27(33)30-29(31)35)16-24-23-8-3-2-6-20(23)11-14-26(24)38-17-19-5-4-7-22(15-19)32(36)37/h2-16H,17H2,1H3,(H,30,33,35)/b25-16+. The molecular formula is C29H21N3O6. The quantitative estimate of drug-likeness (QED) is 0.164. The molecule has 38 heavy (non-hydrogen) atoms. The zero-order chi connectivity index (χ0) is 26.8. The van der Waals surface area contributed by atoms with Crippen LogP contribution in [0.4, 0.5) is 16.2 Å². The number of amides is 4. The Morgan fingerprint density at radius 1 is 0.947 bits per heavy atom. The maximum absolute atomic E-state index is 13.4. The van der Waals surface area contributed by atoms with E-state index in [2.05, 4.69) is 5.32 Å². The lowest BCUT2D eigenvalue weighted by Crippen LogP contribution is -2.54. The molecule has 9 heteroatoms. The van der Waals surface area contributed by atoms with Crippen LogP contribution in [0.15, 0.2) is 90.5 Å². The van der Waals surface area contributed by atoms with E-state index in [1.807, 2.05) is 37.3 Å². The fraction of sp³-hybridized carbons (Fsp3) is 0.0690. The van der Waals surface area contributed by atoms with Crippen molar-refractivity contribution in [2.24, 2.45) is 0 Å². The molecule has 4 aromatic carbocycles. The topological polar surface area (TPSA) is 119 Å². The van der Waals surface area contributed by atoms with Crippen LogP contribution in [0.5, 0.6) is 5.75 Å². The summed E-state index contributed by atoms with van der Waals surface area (Å²) in [6.45, 7) is 1.90. The summed E-state index contributed by atoms with van der Waals surface area (Å²) in [5.74, 6) is -1.22. The number of carbonyl (C=O) groups excluding carboxylic acids is 3. The number of benzene rings is 4. The molecule has 4 amide bonds. The number of nitro benzene ring substituents is 1. The second-order valence-electron chi connectivity index (χ2n) is 8.71. The molecule has 0 spiro atoms. The van der Waals surface area contributed by atoms with E-state index < -0.39 is 22.8 Å². The van der Waals surface area contributed by atoms with E-state index in [1.165, 1.54) is 18.2 Å². The van der Waals surface area contributed by atoms with Crippen molar-refractivity contribution in [3.8, 4) is 5.75 Å². The molecule has 0 atom stereocenters. The Hall–Kier alpha value is -5.31. The molecule has 1 saturated heterocycles. The first-order valence-electron chi connectivity index (χ1n) is 11.7. The van der Waals surface area contributed by atoms with Gasteiger partial charge in [0, 0.05) is 17.7 Å². The Labute approximate surface area is 217 Å². The highest BCUT2D eigenvalue weighted by molar-refractivity contribution is 6.39. The van der Waals surface area contributed by atoms with Crippen LogP contribution in [0.3, 0.4) is 0 Å². The third-order valence-corrected chi connectivity index (χ3v) is 6.13. The summed E-state index contributed by atoms with van der Waals surface area (Å²) in [6.07, 6.45) is 1.41. The average molecular weight is 508 g/mol. The molecule has 1 heterocycles. The van der Waals surface area contributed by atoms with E-state index in [4.69, 9.17) is 4.74 Å². The van der Waals surface area contributed by atoms with Gasteiger partial charge in [-0.25, -0.2) is 9.69 Å². The fourth-order valence-corrected chi connectivity index (χ4v) is 4.20. The second-order valence-corrected chi connectivity index (χ2v) is 8.71. The van der Waals surface area contributed by atoms with Crippen molar-refractivity contribution in [1.29, 1.82) is 0 Å². The van der Waals surface area contributed by atoms with E-state index in [1.54, 1.807) is 42.5 Å². The summed E-state index contributed by atoms with van der Waals surface area (Å²) in [4.78, 5) is 50.4.